The van der Waals surface area contributed by atoms with Crippen molar-refractivity contribution in [3.05, 3.63) is 23.9 Å². The van der Waals surface area contributed by atoms with Gasteiger partial charge in [0.1, 0.15) is 5.82 Å². The molecule has 2 heterocycles. The second kappa shape index (κ2) is 4.52. The van der Waals surface area contributed by atoms with E-state index in [0.717, 1.165) is 31.6 Å². The lowest BCUT2D eigenvalue weighted by atomic mass is 10.1. The molecule has 0 unspecified atom stereocenters. The lowest BCUT2D eigenvalue weighted by Gasteiger charge is -2.31. The lowest BCUT2D eigenvalue weighted by Crippen LogP contribution is -2.38. The molecule has 1 aliphatic heterocycles. The number of hydrogen-bond donors (Lipinski definition) is 1. The van der Waals surface area contributed by atoms with Crippen molar-refractivity contribution in [2.75, 3.05) is 18.0 Å². The molecule has 1 aromatic heterocycles. The fourth-order valence-electron chi connectivity index (χ4n) is 1.90. The van der Waals surface area contributed by atoms with Gasteiger partial charge in [0.25, 0.3) is 0 Å². The van der Waals surface area contributed by atoms with Crippen molar-refractivity contribution < 1.29 is 18.3 Å². The van der Waals surface area contributed by atoms with Crippen LogP contribution in [-0.2, 0) is 6.18 Å². The number of anilines is 1. The van der Waals surface area contributed by atoms with E-state index in [1.165, 1.54) is 6.07 Å². The summed E-state index contributed by atoms with van der Waals surface area (Å²) in [6, 6.07) is 2.37. The van der Waals surface area contributed by atoms with E-state index in [1.54, 1.807) is 4.90 Å². The van der Waals surface area contributed by atoms with Gasteiger partial charge in [0.15, 0.2) is 0 Å². The van der Waals surface area contributed by atoms with E-state index in [-0.39, 0.29) is 0 Å². The molecule has 1 saturated heterocycles. The number of piperidine rings is 1. The zero-order valence-corrected chi connectivity index (χ0v) is 9.11. The number of halogens is 3. The minimum Gasteiger partial charge on any atom is -0.391 e. The van der Waals surface area contributed by atoms with E-state index >= 15 is 0 Å². The van der Waals surface area contributed by atoms with Gasteiger partial charge in [0, 0.05) is 19.3 Å². The fourth-order valence-corrected chi connectivity index (χ4v) is 1.90. The van der Waals surface area contributed by atoms with Crippen molar-refractivity contribution in [2.24, 2.45) is 0 Å². The monoisotopic (exact) mass is 246 g/mol. The van der Waals surface area contributed by atoms with Gasteiger partial charge >= 0.3 is 6.18 Å². The molecule has 1 aromatic rings. The Morgan fingerprint density at radius 2 is 2.12 bits per heavy atom. The first kappa shape index (κ1) is 12.2. The van der Waals surface area contributed by atoms with E-state index in [0.29, 0.717) is 12.4 Å². The number of aliphatic hydroxyl groups excluding tert-OH is 1. The summed E-state index contributed by atoms with van der Waals surface area (Å²) < 4.78 is 37.0. The third kappa shape index (κ3) is 2.88. The Bertz CT molecular complexity index is 377. The standard InChI is InChI=1S/C11H13F3N2O/c12-11(13,14)8-3-4-10(15-6-8)16-5-1-2-9(17)7-16/h3-4,6,9,17H,1-2,5,7H2/t9-/m1/s1. The normalized spacial score (nSPS) is 21.6. The van der Waals surface area contributed by atoms with Crippen LogP contribution in [0.4, 0.5) is 19.0 Å². The summed E-state index contributed by atoms with van der Waals surface area (Å²) in [7, 11) is 0. The van der Waals surface area contributed by atoms with Crippen LogP contribution in [-0.4, -0.2) is 29.3 Å². The Balaban J connectivity index is 2.12. The molecule has 6 heteroatoms. The molecular formula is C11H13F3N2O. The van der Waals surface area contributed by atoms with Crippen molar-refractivity contribution in [2.45, 2.75) is 25.1 Å². The van der Waals surface area contributed by atoms with Gasteiger partial charge in [-0.25, -0.2) is 4.98 Å². The molecule has 0 spiro atoms. The average molecular weight is 246 g/mol. The highest BCUT2D eigenvalue weighted by Gasteiger charge is 2.31. The fraction of sp³-hybridized carbons (Fsp3) is 0.545. The second-order valence-electron chi connectivity index (χ2n) is 4.14. The maximum atomic E-state index is 12.3. The molecule has 0 amide bonds. The van der Waals surface area contributed by atoms with Crippen LogP contribution in [0.1, 0.15) is 18.4 Å². The maximum absolute atomic E-state index is 12.3. The van der Waals surface area contributed by atoms with Crippen molar-refractivity contribution in [1.29, 1.82) is 0 Å². The molecule has 0 radical (unpaired) electrons. The molecule has 0 saturated carbocycles. The van der Waals surface area contributed by atoms with Crippen molar-refractivity contribution in [3.8, 4) is 0 Å². The van der Waals surface area contributed by atoms with Gasteiger partial charge in [0.2, 0.25) is 0 Å². The number of rotatable bonds is 1. The number of aliphatic hydroxyl groups is 1. The number of aromatic nitrogens is 1. The summed E-state index contributed by atoms with van der Waals surface area (Å²) in [6.07, 6.45) is -2.39. The van der Waals surface area contributed by atoms with Gasteiger partial charge in [-0.3, -0.25) is 0 Å². The summed E-state index contributed by atoms with van der Waals surface area (Å²) in [5.41, 5.74) is -0.751. The van der Waals surface area contributed by atoms with E-state index in [1.807, 2.05) is 0 Å². The highest BCUT2D eigenvalue weighted by molar-refractivity contribution is 5.40. The van der Waals surface area contributed by atoms with Crippen LogP contribution < -0.4 is 4.90 Å². The first-order valence-corrected chi connectivity index (χ1v) is 5.43. The summed E-state index contributed by atoms with van der Waals surface area (Å²) in [5, 5.41) is 9.48. The lowest BCUT2D eigenvalue weighted by molar-refractivity contribution is -0.137. The predicted octanol–water partition coefficient (Wildman–Crippen LogP) is 2.06. The van der Waals surface area contributed by atoms with Crippen LogP contribution in [0.2, 0.25) is 0 Å². The Hall–Kier alpha value is -1.30. The average Bonchev–Trinajstić information content (AvgIpc) is 2.28. The van der Waals surface area contributed by atoms with E-state index in [9.17, 15) is 18.3 Å². The second-order valence-corrected chi connectivity index (χ2v) is 4.14. The SMILES string of the molecule is O[C@@H]1CCCN(c2ccc(C(F)(F)F)cn2)C1. The van der Waals surface area contributed by atoms with Crippen LogP contribution in [0, 0.1) is 0 Å². The Labute approximate surface area is 96.9 Å². The topological polar surface area (TPSA) is 36.4 Å². The summed E-state index contributed by atoms with van der Waals surface area (Å²) in [6.45, 7) is 1.15. The molecule has 1 atom stereocenters. The Morgan fingerprint density at radius 3 is 2.65 bits per heavy atom. The third-order valence-corrected chi connectivity index (χ3v) is 2.80. The first-order valence-electron chi connectivity index (χ1n) is 5.43. The van der Waals surface area contributed by atoms with Crippen LogP contribution >= 0.6 is 0 Å². The zero-order chi connectivity index (χ0) is 12.5. The van der Waals surface area contributed by atoms with Gasteiger partial charge < -0.3 is 10.0 Å². The van der Waals surface area contributed by atoms with Gasteiger partial charge in [-0.2, -0.15) is 13.2 Å². The van der Waals surface area contributed by atoms with E-state index < -0.39 is 17.8 Å². The number of alkyl halides is 3. The summed E-state index contributed by atoms with van der Waals surface area (Å²) in [4.78, 5) is 5.60. The molecule has 0 aliphatic carbocycles. The van der Waals surface area contributed by atoms with Crippen molar-refractivity contribution in [1.82, 2.24) is 4.98 Å². The molecule has 0 aromatic carbocycles. The largest absolute Gasteiger partial charge is 0.417 e. The number of nitrogens with zero attached hydrogens (tertiary/aromatic N) is 2. The molecule has 0 bridgehead atoms. The Kier molecular flexibility index (Phi) is 3.24. The van der Waals surface area contributed by atoms with Gasteiger partial charge in [-0.15, -0.1) is 0 Å². The quantitative estimate of drug-likeness (QED) is 0.824. The highest BCUT2D eigenvalue weighted by atomic mass is 19.4. The number of pyridine rings is 1. The highest BCUT2D eigenvalue weighted by Crippen LogP contribution is 2.29. The van der Waals surface area contributed by atoms with Crippen LogP contribution in [0.5, 0.6) is 0 Å². The number of hydrogen-bond acceptors (Lipinski definition) is 3. The summed E-state index contributed by atoms with van der Waals surface area (Å²) >= 11 is 0. The van der Waals surface area contributed by atoms with Crippen molar-refractivity contribution >= 4 is 5.82 Å². The summed E-state index contributed by atoms with van der Waals surface area (Å²) in [5.74, 6) is 0.483. The van der Waals surface area contributed by atoms with Gasteiger partial charge in [0.05, 0.1) is 11.7 Å². The molecule has 94 valence electrons. The smallest absolute Gasteiger partial charge is 0.391 e. The van der Waals surface area contributed by atoms with E-state index in [2.05, 4.69) is 4.98 Å². The first-order chi connectivity index (χ1) is 7.97. The van der Waals surface area contributed by atoms with Crippen LogP contribution in [0.3, 0.4) is 0 Å². The molecule has 1 aliphatic rings. The molecule has 1 fully saturated rings. The molecular weight excluding hydrogens is 233 g/mol. The van der Waals surface area contributed by atoms with Crippen LogP contribution in [0.15, 0.2) is 18.3 Å². The molecule has 17 heavy (non-hydrogen) atoms. The van der Waals surface area contributed by atoms with Gasteiger partial charge in [-0.1, -0.05) is 0 Å². The number of β-amino-alcohol motifs (C(OH)–C–C–N with tert-alkyl or cyclic N) is 1. The molecule has 2 rings (SSSR count). The third-order valence-electron chi connectivity index (χ3n) is 2.80. The molecule has 3 nitrogen and oxygen atoms in total. The molecule has 1 N–H and O–H groups in total. The minimum atomic E-state index is -4.35. The maximum Gasteiger partial charge on any atom is 0.417 e. The Morgan fingerprint density at radius 1 is 1.35 bits per heavy atom. The van der Waals surface area contributed by atoms with Crippen LogP contribution in [0.25, 0.3) is 0 Å². The zero-order valence-electron chi connectivity index (χ0n) is 9.11. The van der Waals surface area contributed by atoms with Crippen molar-refractivity contribution in [3.63, 3.8) is 0 Å². The van der Waals surface area contributed by atoms with Gasteiger partial charge in [-0.05, 0) is 25.0 Å². The minimum absolute atomic E-state index is 0.423. The predicted molar refractivity (Wildman–Crippen MR) is 56.7 cm³/mol. The van der Waals surface area contributed by atoms with E-state index in [4.69, 9.17) is 0 Å².